The highest BCUT2D eigenvalue weighted by Crippen LogP contribution is 2.32. The quantitative estimate of drug-likeness (QED) is 0.808. The van der Waals surface area contributed by atoms with E-state index in [0.717, 1.165) is 5.82 Å². The minimum absolute atomic E-state index is 0.171. The van der Waals surface area contributed by atoms with Crippen LogP contribution < -0.4 is 19.7 Å². The molecule has 0 spiro atoms. The van der Waals surface area contributed by atoms with Gasteiger partial charge in [-0.3, -0.25) is 9.59 Å². The fraction of sp³-hybridized carbons (Fsp3) is 0.350. The number of nitrogens with one attached hydrogen (secondary N) is 1. The molecule has 1 fully saturated rings. The first-order chi connectivity index (χ1) is 13.7. The summed E-state index contributed by atoms with van der Waals surface area (Å²) < 4.78 is 11.0. The van der Waals surface area contributed by atoms with Gasteiger partial charge in [-0.15, -0.1) is 0 Å². The number of hydrogen-bond donors (Lipinski definition) is 1. The number of fused-ring (bicyclic) bond motifs is 1. The molecule has 2 aliphatic heterocycles. The molecule has 0 saturated carbocycles. The van der Waals surface area contributed by atoms with E-state index in [1.807, 2.05) is 18.2 Å². The van der Waals surface area contributed by atoms with E-state index in [4.69, 9.17) is 9.47 Å². The Kier molecular flexibility index (Phi) is 5.27. The highest BCUT2D eigenvalue weighted by molar-refractivity contribution is 6.03. The minimum Gasteiger partial charge on any atom is -0.486 e. The molecule has 28 heavy (non-hydrogen) atoms. The number of ether oxygens (including phenoxy) is 2. The van der Waals surface area contributed by atoms with Crippen molar-refractivity contribution in [2.24, 2.45) is 0 Å². The van der Waals surface area contributed by atoms with Crippen molar-refractivity contribution < 1.29 is 19.1 Å². The summed E-state index contributed by atoms with van der Waals surface area (Å²) in [6.45, 7) is 3.55. The van der Waals surface area contributed by atoms with Crippen molar-refractivity contribution in [2.75, 3.05) is 49.6 Å². The Hall–Kier alpha value is -3.29. The number of pyridine rings is 1. The Bertz CT molecular complexity index is 851. The molecule has 0 radical (unpaired) electrons. The summed E-state index contributed by atoms with van der Waals surface area (Å²) in [7, 11) is 0. The molecule has 3 heterocycles. The molecule has 0 aliphatic carbocycles. The van der Waals surface area contributed by atoms with E-state index in [9.17, 15) is 9.59 Å². The maximum atomic E-state index is 12.5. The molecule has 146 valence electrons. The predicted molar refractivity (Wildman–Crippen MR) is 104 cm³/mol. The number of nitrogens with zero attached hydrogens (tertiary/aromatic N) is 3. The number of anilines is 2. The second-order valence-corrected chi connectivity index (χ2v) is 6.64. The number of hydrogen-bond acceptors (Lipinski definition) is 6. The summed E-state index contributed by atoms with van der Waals surface area (Å²) in [6.07, 6.45) is 1.58. The summed E-state index contributed by atoms with van der Waals surface area (Å²) in [5.74, 6) is 1.66. The van der Waals surface area contributed by atoms with Crippen LogP contribution in [0.1, 0.15) is 6.42 Å². The maximum absolute atomic E-state index is 12.5. The van der Waals surface area contributed by atoms with Crippen LogP contribution >= 0.6 is 0 Å². The fourth-order valence-corrected chi connectivity index (χ4v) is 3.30. The summed E-state index contributed by atoms with van der Waals surface area (Å²) >= 11 is 0. The van der Waals surface area contributed by atoms with Gasteiger partial charge in [0.1, 0.15) is 25.5 Å². The molecule has 8 heteroatoms. The van der Waals surface area contributed by atoms with Crippen molar-refractivity contribution in [3.8, 4) is 11.5 Å². The van der Waals surface area contributed by atoms with Crippen LogP contribution in [0.4, 0.5) is 11.5 Å². The van der Waals surface area contributed by atoms with E-state index >= 15 is 0 Å². The number of piperazine rings is 1. The number of aromatic nitrogens is 1. The van der Waals surface area contributed by atoms with Gasteiger partial charge in [-0.25, -0.2) is 4.98 Å². The molecule has 2 aromatic rings. The Morgan fingerprint density at radius 1 is 1.00 bits per heavy atom. The molecular weight excluding hydrogens is 360 g/mol. The Balaban J connectivity index is 1.27. The van der Waals surface area contributed by atoms with Gasteiger partial charge in [-0.1, -0.05) is 6.07 Å². The van der Waals surface area contributed by atoms with Crippen LogP contribution in [0.25, 0.3) is 0 Å². The number of benzene rings is 1. The molecule has 4 rings (SSSR count). The average molecular weight is 382 g/mol. The van der Waals surface area contributed by atoms with Crippen molar-refractivity contribution in [1.82, 2.24) is 9.88 Å². The molecule has 1 aromatic heterocycles. The second-order valence-electron chi connectivity index (χ2n) is 6.64. The van der Waals surface area contributed by atoms with Crippen LogP contribution in [0.5, 0.6) is 11.5 Å². The highest BCUT2D eigenvalue weighted by Gasteiger charge is 2.23. The normalized spacial score (nSPS) is 15.9. The molecule has 2 amide bonds. The third-order valence-corrected chi connectivity index (χ3v) is 4.74. The van der Waals surface area contributed by atoms with Crippen LogP contribution in [0.2, 0.25) is 0 Å². The van der Waals surface area contributed by atoms with Gasteiger partial charge in [0, 0.05) is 44.1 Å². The average Bonchev–Trinajstić information content (AvgIpc) is 2.74. The lowest BCUT2D eigenvalue weighted by Gasteiger charge is -2.35. The first-order valence-corrected chi connectivity index (χ1v) is 9.32. The molecule has 0 atom stereocenters. The lowest BCUT2D eigenvalue weighted by molar-refractivity contribution is -0.134. The summed E-state index contributed by atoms with van der Waals surface area (Å²) in [4.78, 5) is 32.9. The first kappa shape index (κ1) is 18.1. The second kappa shape index (κ2) is 8.16. The zero-order valence-electron chi connectivity index (χ0n) is 15.5. The van der Waals surface area contributed by atoms with Crippen LogP contribution in [0.3, 0.4) is 0 Å². The number of rotatable bonds is 4. The monoisotopic (exact) mass is 382 g/mol. The van der Waals surface area contributed by atoms with Gasteiger partial charge in [0.2, 0.25) is 11.8 Å². The zero-order valence-corrected chi connectivity index (χ0v) is 15.5. The van der Waals surface area contributed by atoms with Gasteiger partial charge in [-0.2, -0.15) is 0 Å². The SMILES string of the molecule is O=C(CC(=O)N1CCN(c2ccccn2)CC1)Nc1ccc2c(c1)OCCO2. The van der Waals surface area contributed by atoms with Crippen molar-refractivity contribution in [1.29, 1.82) is 0 Å². The fourth-order valence-electron chi connectivity index (χ4n) is 3.30. The summed E-state index contributed by atoms with van der Waals surface area (Å²) in [6, 6.07) is 11.0. The molecule has 1 N–H and O–H groups in total. The maximum Gasteiger partial charge on any atom is 0.233 e. The molecule has 1 aromatic carbocycles. The standard InChI is InChI=1S/C20H22N4O4/c25-19(22-15-4-5-16-17(13-15)28-12-11-27-16)14-20(26)24-9-7-23(8-10-24)18-3-1-2-6-21-18/h1-6,13H,7-12,14H2,(H,22,25). The molecule has 8 nitrogen and oxygen atoms in total. The van der Waals surface area contributed by atoms with Crippen molar-refractivity contribution in [3.63, 3.8) is 0 Å². The van der Waals surface area contributed by atoms with Crippen molar-refractivity contribution >= 4 is 23.3 Å². The van der Waals surface area contributed by atoms with Crippen molar-refractivity contribution in [3.05, 3.63) is 42.6 Å². The van der Waals surface area contributed by atoms with E-state index in [-0.39, 0.29) is 18.2 Å². The van der Waals surface area contributed by atoms with Gasteiger partial charge in [0.15, 0.2) is 11.5 Å². The third-order valence-electron chi connectivity index (χ3n) is 4.74. The molecule has 2 aliphatic rings. The highest BCUT2D eigenvalue weighted by atomic mass is 16.6. The van der Waals surface area contributed by atoms with Crippen molar-refractivity contribution in [2.45, 2.75) is 6.42 Å². The van der Waals surface area contributed by atoms with E-state index in [1.165, 1.54) is 0 Å². The first-order valence-electron chi connectivity index (χ1n) is 9.32. The predicted octanol–water partition coefficient (Wildman–Crippen LogP) is 1.53. The number of carbonyl (C=O) groups is 2. The largest absolute Gasteiger partial charge is 0.486 e. The number of carbonyl (C=O) groups excluding carboxylic acids is 2. The van der Waals surface area contributed by atoms with Gasteiger partial charge < -0.3 is 24.6 Å². The van der Waals surface area contributed by atoms with Gasteiger partial charge in [0.05, 0.1) is 0 Å². The Labute approximate surface area is 163 Å². The topological polar surface area (TPSA) is 84.0 Å². The van der Waals surface area contributed by atoms with E-state index in [0.29, 0.717) is 56.6 Å². The smallest absolute Gasteiger partial charge is 0.233 e. The molecule has 0 unspecified atom stereocenters. The molecular formula is C20H22N4O4. The molecule has 1 saturated heterocycles. The molecule has 0 bridgehead atoms. The van der Waals surface area contributed by atoms with Crippen LogP contribution in [0.15, 0.2) is 42.6 Å². The zero-order chi connectivity index (χ0) is 19.3. The Morgan fingerprint density at radius 2 is 1.79 bits per heavy atom. The van der Waals surface area contributed by atoms with Crippen LogP contribution in [-0.2, 0) is 9.59 Å². The van der Waals surface area contributed by atoms with Crippen LogP contribution in [0, 0.1) is 0 Å². The van der Waals surface area contributed by atoms with Gasteiger partial charge >= 0.3 is 0 Å². The van der Waals surface area contributed by atoms with E-state index in [2.05, 4.69) is 15.2 Å². The Morgan fingerprint density at radius 3 is 2.54 bits per heavy atom. The van der Waals surface area contributed by atoms with E-state index < -0.39 is 0 Å². The van der Waals surface area contributed by atoms with Gasteiger partial charge in [-0.05, 0) is 24.3 Å². The third kappa shape index (κ3) is 4.16. The summed E-state index contributed by atoms with van der Waals surface area (Å²) in [5, 5.41) is 2.75. The van der Waals surface area contributed by atoms with Gasteiger partial charge in [0.25, 0.3) is 0 Å². The minimum atomic E-state index is -0.339. The van der Waals surface area contributed by atoms with Crippen LogP contribution in [-0.4, -0.2) is 61.1 Å². The number of amides is 2. The summed E-state index contributed by atoms with van der Waals surface area (Å²) in [5.41, 5.74) is 0.585. The lowest BCUT2D eigenvalue weighted by atomic mass is 10.2. The van der Waals surface area contributed by atoms with E-state index in [1.54, 1.807) is 29.3 Å². The lowest BCUT2D eigenvalue weighted by Crippen LogP contribution is -2.49.